The molecule has 0 saturated carbocycles. The molecule has 0 radical (unpaired) electrons. The molecule has 1 saturated heterocycles. The lowest BCUT2D eigenvalue weighted by molar-refractivity contribution is 0.0779. The van der Waals surface area contributed by atoms with Crippen LogP contribution in [-0.2, 0) is 0 Å². The summed E-state index contributed by atoms with van der Waals surface area (Å²) in [5, 5.41) is 0. The zero-order valence-corrected chi connectivity index (χ0v) is 12.6. The molecule has 4 heteroatoms. The van der Waals surface area contributed by atoms with Crippen molar-refractivity contribution in [2.24, 2.45) is 5.92 Å². The summed E-state index contributed by atoms with van der Waals surface area (Å²) in [7, 11) is 1.57. The van der Waals surface area contributed by atoms with E-state index in [1.165, 1.54) is 12.8 Å². The molecule has 1 aliphatic heterocycles. The summed E-state index contributed by atoms with van der Waals surface area (Å²) in [5.41, 5.74) is 7.05. The molecule has 1 aromatic carbocycles. The summed E-state index contributed by atoms with van der Waals surface area (Å²) in [5.74, 6) is 1.51. The second kappa shape index (κ2) is 6.27. The van der Waals surface area contributed by atoms with Crippen LogP contribution in [0.15, 0.2) is 18.2 Å². The van der Waals surface area contributed by atoms with Crippen LogP contribution in [0.2, 0.25) is 0 Å². The molecule has 0 bridgehead atoms. The van der Waals surface area contributed by atoms with Crippen LogP contribution in [0.1, 0.15) is 37.0 Å². The molecule has 2 N–H and O–H groups in total. The van der Waals surface area contributed by atoms with Crippen molar-refractivity contribution in [2.75, 3.05) is 25.9 Å². The van der Waals surface area contributed by atoms with Crippen molar-refractivity contribution in [3.63, 3.8) is 0 Å². The molecule has 1 aromatic rings. The highest BCUT2D eigenvalue weighted by molar-refractivity contribution is 6.00. The highest BCUT2D eigenvalue weighted by Crippen LogP contribution is 2.24. The van der Waals surface area contributed by atoms with Crippen molar-refractivity contribution in [1.29, 1.82) is 0 Å². The average molecular weight is 276 g/mol. The second-order valence-corrected chi connectivity index (χ2v) is 5.72. The molecule has 1 heterocycles. The number of benzene rings is 1. The Hall–Kier alpha value is -1.55. The molecule has 2 rings (SSSR count). The Bertz CT molecular complexity index is 479. The van der Waals surface area contributed by atoms with E-state index >= 15 is 0 Å². The van der Waals surface area contributed by atoms with Crippen molar-refractivity contribution in [3.8, 4) is 5.75 Å². The number of nitrogens with zero attached hydrogens (tertiary/aromatic N) is 1. The van der Waals surface area contributed by atoms with Crippen molar-refractivity contribution < 1.29 is 9.53 Å². The second-order valence-electron chi connectivity index (χ2n) is 5.72. The van der Waals surface area contributed by atoms with Gasteiger partial charge >= 0.3 is 0 Å². The van der Waals surface area contributed by atoms with Crippen LogP contribution < -0.4 is 10.5 Å². The third-order valence-corrected chi connectivity index (χ3v) is 4.26. The molecule has 1 aliphatic rings. The first-order valence-corrected chi connectivity index (χ1v) is 7.24. The third kappa shape index (κ3) is 3.12. The molecule has 20 heavy (non-hydrogen) atoms. The fraction of sp³-hybridized carbons (Fsp3) is 0.562. The van der Waals surface area contributed by atoms with Crippen molar-refractivity contribution in [1.82, 2.24) is 4.90 Å². The minimum absolute atomic E-state index is 0.0877. The molecule has 110 valence electrons. The number of carbonyl (C=O) groups excluding carboxylic acids is 1. The topological polar surface area (TPSA) is 55.6 Å². The lowest BCUT2D eigenvalue weighted by atomic mass is 9.96. The minimum Gasteiger partial charge on any atom is -0.495 e. The van der Waals surface area contributed by atoms with Gasteiger partial charge in [0, 0.05) is 5.56 Å². The lowest BCUT2D eigenvalue weighted by Gasteiger charge is -2.34. The highest BCUT2D eigenvalue weighted by atomic mass is 16.5. The summed E-state index contributed by atoms with van der Waals surface area (Å²) in [6.07, 6.45) is 2.34. The van der Waals surface area contributed by atoms with Crippen LogP contribution in [-0.4, -0.2) is 36.9 Å². The monoisotopic (exact) mass is 276 g/mol. The summed E-state index contributed by atoms with van der Waals surface area (Å²) >= 11 is 0. The number of nitrogens with two attached hydrogens (primary N) is 1. The third-order valence-electron chi connectivity index (χ3n) is 4.26. The van der Waals surface area contributed by atoms with Gasteiger partial charge in [0.25, 0.3) is 0 Å². The molecule has 4 nitrogen and oxygen atoms in total. The van der Waals surface area contributed by atoms with Crippen molar-refractivity contribution in [3.05, 3.63) is 23.8 Å². The van der Waals surface area contributed by atoms with E-state index in [-0.39, 0.29) is 11.8 Å². The first-order chi connectivity index (χ1) is 9.52. The van der Waals surface area contributed by atoms with Crippen LogP contribution in [0.5, 0.6) is 5.75 Å². The molecular weight excluding hydrogens is 252 g/mol. The lowest BCUT2D eigenvalue weighted by Crippen LogP contribution is -2.43. The van der Waals surface area contributed by atoms with E-state index in [2.05, 4.69) is 11.8 Å². The number of likely N-dealkylation sites (tertiary alicyclic amines) is 1. The van der Waals surface area contributed by atoms with Gasteiger partial charge in [-0.2, -0.15) is 0 Å². The van der Waals surface area contributed by atoms with Gasteiger partial charge in [0.2, 0.25) is 0 Å². The molecule has 1 fully saturated rings. The molecule has 0 aromatic heterocycles. The quantitative estimate of drug-likeness (QED) is 0.678. The fourth-order valence-corrected chi connectivity index (χ4v) is 2.71. The minimum atomic E-state index is -0.0877. The summed E-state index contributed by atoms with van der Waals surface area (Å²) in [4.78, 5) is 14.8. The number of hydrogen-bond acceptors (Lipinski definition) is 4. The number of Topliss-reactive ketones (excluding diaryl/α,β-unsaturated/α-hetero) is 1. The van der Waals surface area contributed by atoms with Gasteiger partial charge in [-0.1, -0.05) is 6.92 Å². The molecule has 0 amide bonds. The normalized spacial score (nSPS) is 18.8. The summed E-state index contributed by atoms with van der Waals surface area (Å²) in [6.45, 7) is 6.26. The van der Waals surface area contributed by atoms with Gasteiger partial charge in [-0.15, -0.1) is 0 Å². The van der Waals surface area contributed by atoms with E-state index in [1.807, 2.05) is 6.92 Å². The summed E-state index contributed by atoms with van der Waals surface area (Å²) in [6, 6.07) is 5.17. The number of ether oxygens (including phenoxy) is 1. The van der Waals surface area contributed by atoms with Gasteiger partial charge in [-0.25, -0.2) is 0 Å². The smallest absolute Gasteiger partial charge is 0.179 e. The zero-order valence-electron chi connectivity index (χ0n) is 12.6. The van der Waals surface area contributed by atoms with Crippen LogP contribution >= 0.6 is 0 Å². The summed E-state index contributed by atoms with van der Waals surface area (Å²) < 4.78 is 5.12. The Kier molecular flexibility index (Phi) is 4.65. The fourth-order valence-electron chi connectivity index (χ4n) is 2.71. The first kappa shape index (κ1) is 14.9. The van der Waals surface area contributed by atoms with Crippen LogP contribution in [0.3, 0.4) is 0 Å². The van der Waals surface area contributed by atoms with Crippen LogP contribution in [0.25, 0.3) is 0 Å². The Morgan fingerprint density at radius 2 is 2.05 bits per heavy atom. The van der Waals surface area contributed by atoms with E-state index in [0.29, 0.717) is 17.0 Å². The van der Waals surface area contributed by atoms with E-state index in [9.17, 15) is 4.79 Å². The van der Waals surface area contributed by atoms with Gasteiger partial charge in [-0.05, 0) is 57.0 Å². The Morgan fingerprint density at radius 3 is 2.60 bits per heavy atom. The van der Waals surface area contributed by atoms with E-state index in [4.69, 9.17) is 10.5 Å². The number of methoxy groups -OCH3 is 1. The number of ketones is 1. The van der Waals surface area contributed by atoms with Crippen molar-refractivity contribution in [2.45, 2.75) is 32.7 Å². The van der Waals surface area contributed by atoms with Crippen molar-refractivity contribution >= 4 is 11.5 Å². The highest BCUT2D eigenvalue weighted by Gasteiger charge is 2.26. The maximum atomic E-state index is 12.5. The Morgan fingerprint density at radius 1 is 1.40 bits per heavy atom. The van der Waals surface area contributed by atoms with Gasteiger partial charge in [0.15, 0.2) is 5.78 Å². The van der Waals surface area contributed by atoms with E-state index in [1.54, 1.807) is 25.3 Å². The maximum Gasteiger partial charge on any atom is 0.179 e. The Labute approximate surface area is 120 Å². The Balaban J connectivity index is 2.08. The first-order valence-electron chi connectivity index (χ1n) is 7.24. The maximum absolute atomic E-state index is 12.5. The SMILES string of the molecule is COc1ccc(C(=O)C(C)N2CCC(C)CC2)cc1N. The standard InChI is InChI=1S/C16H24N2O2/c1-11-6-8-18(9-7-11)12(2)16(19)13-4-5-15(20-3)14(17)10-13/h4-5,10-12H,6-9,17H2,1-3H3. The molecule has 0 aliphatic carbocycles. The molecule has 0 spiro atoms. The van der Waals surface area contributed by atoms with Crippen LogP contribution in [0, 0.1) is 5.92 Å². The van der Waals surface area contributed by atoms with Gasteiger partial charge < -0.3 is 10.5 Å². The number of piperidine rings is 1. The predicted molar refractivity (Wildman–Crippen MR) is 81.2 cm³/mol. The van der Waals surface area contributed by atoms with Gasteiger partial charge in [0.1, 0.15) is 5.75 Å². The molecule has 1 unspecified atom stereocenters. The molecule has 1 atom stereocenters. The number of hydrogen-bond donors (Lipinski definition) is 1. The number of anilines is 1. The zero-order chi connectivity index (χ0) is 14.7. The van der Waals surface area contributed by atoms with Gasteiger partial charge in [0.05, 0.1) is 18.8 Å². The van der Waals surface area contributed by atoms with E-state index < -0.39 is 0 Å². The average Bonchev–Trinajstić information content (AvgIpc) is 2.46. The predicted octanol–water partition coefficient (Wildman–Crippen LogP) is 2.58. The van der Waals surface area contributed by atoms with Gasteiger partial charge in [-0.3, -0.25) is 9.69 Å². The molecular formula is C16H24N2O2. The number of rotatable bonds is 4. The largest absolute Gasteiger partial charge is 0.495 e. The number of carbonyl (C=O) groups is 1. The van der Waals surface area contributed by atoms with Crippen LogP contribution in [0.4, 0.5) is 5.69 Å². The number of nitrogen functional groups attached to an aromatic ring is 1. The van der Waals surface area contributed by atoms with E-state index in [0.717, 1.165) is 19.0 Å².